The minimum Gasteiger partial charge on any atom is -0.457 e. The van der Waals surface area contributed by atoms with E-state index in [1.54, 1.807) is 24.3 Å². The van der Waals surface area contributed by atoms with Crippen molar-refractivity contribution < 1.29 is 14.5 Å². The first kappa shape index (κ1) is 16.7. The average molecular weight is 354 g/mol. The number of para-hydroxylation sites is 1. The second-order valence-electron chi connectivity index (χ2n) is 5.19. The normalized spacial score (nSPS) is 10.3. The van der Waals surface area contributed by atoms with Crippen LogP contribution in [0.15, 0.2) is 72.8 Å². The van der Waals surface area contributed by atoms with E-state index in [1.165, 1.54) is 18.2 Å². The maximum atomic E-state index is 12.5. The maximum absolute atomic E-state index is 12.5. The van der Waals surface area contributed by atoms with Crippen LogP contribution in [-0.2, 0) is 0 Å². The summed E-state index contributed by atoms with van der Waals surface area (Å²) in [6.45, 7) is 0. The summed E-state index contributed by atoms with van der Waals surface area (Å²) < 4.78 is 5.67. The van der Waals surface area contributed by atoms with Crippen molar-refractivity contribution in [2.75, 3.05) is 0 Å². The predicted molar refractivity (Wildman–Crippen MR) is 94.5 cm³/mol. The first-order valence-electron chi connectivity index (χ1n) is 7.36. The summed E-state index contributed by atoms with van der Waals surface area (Å²) in [4.78, 5) is 22.8. The van der Waals surface area contributed by atoms with Crippen LogP contribution in [0.1, 0.15) is 15.9 Å². The van der Waals surface area contributed by atoms with Gasteiger partial charge in [-0.25, -0.2) is 0 Å². The Morgan fingerprint density at radius 1 is 0.880 bits per heavy atom. The lowest BCUT2D eigenvalue weighted by molar-refractivity contribution is -0.384. The van der Waals surface area contributed by atoms with Crippen LogP contribution in [-0.4, -0.2) is 10.7 Å². The van der Waals surface area contributed by atoms with Gasteiger partial charge in [-0.05, 0) is 48.5 Å². The van der Waals surface area contributed by atoms with E-state index in [0.29, 0.717) is 17.1 Å². The predicted octanol–water partition coefficient (Wildman–Crippen LogP) is 5.27. The van der Waals surface area contributed by atoms with Crippen LogP contribution in [0.2, 0.25) is 5.02 Å². The van der Waals surface area contributed by atoms with Gasteiger partial charge in [0.2, 0.25) is 0 Å². The molecule has 25 heavy (non-hydrogen) atoms. The Morgan fingerprint density at radius 3 is 2.12 bits per heavy atom. The summed E-state index contributed by atoms with van der Waals surface area (Å²) in [7, 11) is 0. The molecular formula is C19H12ClNO4. The number of carbonyl (C=O) groups excluding carboxylic acids is 1. The second kappa shape index (κ2) is 7.15. The molecule has 0 saturated heterocycles. The molecule has 0 aromatic heterocycles. The molecule has 0 atom stereocenters. The summed E-state index contributed by atoms with van der Waals surface area (Å²) in [6, 6.07) is 19.8. The molecule has 0 radical (unpaired) electrons. The van der Waals surface area contributed by atoms with Gasteiger partial charge in [0.15, 0.2) is 5.78 Å². The molecule has 0 unspecified atom stereocenters. The molecule has 124 valence electrons. The third kappa shape index (κ3) is 3.84. The molecule has 3 aromatic carbocycles. The largest absolute Gasteiger partial charge is 0.457 e. The van der Waals surface area contributed by atoms with Gasteiger partial charge in [0, 0.05) is 17.2 Å². The Hall–Kier alpha value is -3.18. The third-order valence-electron chi connectivity index (χ3n) is 3.50. The van der Waals surface area contributed by atoms with Gasteiger partial charge in [0.1, 0.15) is 16.5 Å². The van der Waals surface area contributed by atoms with Crippen LogP contribution in [0.25, 0.3) is 0 Å². The number of halogens is 1. The first-order valence-corrected chi connectivity index (χ1v) is 7.74. The summed E-state index contributed by atoms with van der Waals surface area (Å²) >= 11 is 5.77. The summed E-state index contributed by atoms with van der Waals surface area (Å²) in [5.74, 6) is 0.950. The Bertz CT molecular complexity index is 924. The molecule has 0 N–H and O–H groups in total. The van der Waals surface area contributed by atoms with Crippen molar-refractivity contribution >= 4 is 23.1 Å². The minimum atomic E-state index is -0.615. The van der Waals surface area contributed by atoms with E-state index in [1.807, 2.05) is 30.3 Å². The van der Waals surface area contributed by atoms with Gasteiger partial charge >= 0.3 is 0 Å². The van der Waals surface area contributed by atoms with Crippen LogP contribution >= 0.6 is 11.6 Å². The second-order valence-corrected chi connectivity index (χ2v) is 5.60. The van der Waals surface area contributed by atoms with E-state index in [4.69, 9.17) is 16.3 Å². The van der Waals surface area contributed by atoms with Crippen LogP contribution < -0.4 is 4.74 Å². The lowest BCUT2D eigenvalue weighted by Crippen LogP contribution is -2.02. The van der Waals surface area contributed by atoms with Crippen molar-refractivity contribution in [2.45, 2.75) is 0 Å². The number of benzene rings is 3. The molecular weight excluding hydrogens is 342 g/mol. The van der Waals surface area contributed by atoms with E-state index in [0.717, 1.165) is 0 Å². The lowest BCUT2D eigenvalue weighted by Gasteiger charge is -2.07. The fraction of sp³-hybridized carbons (Fsp3) is 0. The van der Waals surface area contributed by atoms with Gasteiger partial charge in [-0.2, -0.15) is 0 Å². The maximum Gasteiger partial charge on any atom is 0.288 e. The number of nitro benzene ring substituents is 1. The molecule has 0 aliphatic carbocycles. The minimum absolute atomic E-state index is 0.00633. The number of ketones is 1. The van der Waals surface area contributed by atoms with Crippen LogP contribution in [0.5, 0.6) is 11.5 Å². The van der Waals surface area contributed by atoms with Gasteiger partial charge < -0.3 is 4.74 Å². The highest BCUT2D eigenvalue weighted by Crippen LogP contribution is 2.27. The van der Waals surface area contributed by atoms with Crippen molar-refractivity contribution in [3.8, 4) is 11.5 Å². The fourth-order valence-electron chi connectivity index (χ4n) is 2.26. The molecule has 0 aliphatic heterocycles. The zero-order valence-corrected chi connectivity index (χ0v) is 13.6. The lowest BCUT2D eigenvalue weighted by atomic mass is 10.0. The van der Waals surface area contributed by atoms with Crippen molar-refractivity contribution in [3.05, 3.63) is 99.1 Å². The zero-order valence-electron chi connectivity index (χ0n) is 12.9. The van der Waals surface area contributed by atoms with Crippen molar-refractivity contribution in [1.29, 1.82) is 0 Å². The number of ether oxygens (including phenoxy) is 1. The molecule has 0 fully saturated rings. The quantitative estimate of drug-likeness (QED) is 0.356. The van der Waals surface area contributed by atoms with Gasteiger partial charge in [-0.3, -0.25) is 14.9 Å². The van der Waals surface area contributed by atoms with Crippen molar-refractivity contribution in [1.82, 2.24) is 0 Å². The molecule has 0 bridgehead atoms. The fourth-order valence-corrected chi connectivity index (χ4v) is 2.45. The Balaban J connectivity index is 1.81. The monoisotopic (exact) mass is 353 g/mol. The highest BCUT2D eigenvalue weighted by Gasteiger charge is 2.17. The number of carbonyl (C=O) groups is 1. The molecule has 3 rings (SSSR count). The number of nitrogens with zero attached hydrogens (tertiary/aromatic N) is 1. The molecule has 0 amide bonds. The van der Waals surface area contributed by atoms with Crippen LogP contribution in [0.3, 0.4) is 0 Å². The smallest absolute Gasteiger partial charge is 0.288 e. The van der Waals surface area contributed by atoms with Crippen LogP contribution in [0.4, 0.5) is 5.69 Å². The highest BCUT2D eigenvalue weighted by molar-refractivity contribution is 6.32. The van der Waals surface area contributed by atoms with Crippen molar-refractivity contribution in [3.63, 3.8) is 0 Å². The number of rotatable bonds is 5. The summed E-state index contributed by atoms with van der Waals surface area (Å²) in [5.41, 5.74) is 0.307. The standard InChI is InChI=1S/C19H12ClNO4/c20-17-11-8-14(12-18(17)21(23)24)19(22)13-6-9-16(10-7-13)25-15-4-2-1-3-5-15/h1-12H. The molecule has 0 aliphatic rings. The first-order chi connectivity index (χ1) is 12.0. The SMILES string of the molecule is O=C(c1ccc(Oc2ccccc2)cc1)c1ccc(Cl)c([N+](=O)[O-])c1. The number of hydrogen-bond donors (Lipinski definition) is 0. The van der Waals surface area contributed by atoms with Crippen LogP contribution in [0, 0.1) is 10.1 Å². The Labute approximate surface area is 148 Å². The Kier molecular flexibility index (Phi) is 4.77. The molecule has 3 aromatic rings. The number of hydrogen-bond acceptors (Lipinski definition) is 4. The topological polar surface area (TPSA) is 69.4 Å². The van der Waals surface area contributed by atoms with E-state index in [2.05, 4.69) is 0 Å². The molecule has 5 nitrogen and oxygen atoms in total. The van der Waals surface area contributed by atoms with Gasteiger partial charge in [0.05, 0.1) is 4.92 Å². The summed E-state index contributed by atoms with van der Waals surface area (Å²) in [5, 5.41) is 10.9. The highest BCUT2D eigenvalue weighted by atomic mass is 35.5. The van der Waals surface area contributed by atoms with E-state index < -0.39 is 4.92 Å². The average Bonchev–Trinajstić information content (AvgIpc) is 2.63. The molecule has 0 saturated carbocycles. The molecule has 0 spiro atoms. The van der Waals surface area contributed by atoms with Gasteiger partial charge in [-0.1, -0.05) is 29.8 Å². The molecule has 0 heterocycles. The van der Waals surface area contributed by atoms with Gasteiger partial charge in [0.25, 0.3) is 5.69 Å². The summed E-state index contributed by atoms with van der Waals surface area (Å²) in [6.07, 6.45) is 0. The zero-order chi connectivity index (χ0) is 17.8. The Morgan fingerprint density at radius 2 is 1.48 bits per heavy atom. The van der Waals surface area contributed by atoms with Gasteiger partial charge in [-0.15, -0.1) is 0 Å². The van der Waals surface area contributed by atoms with E-state index >= 15 is 0 Å². The third-order valence-corrected chi connectivity index (χ3v) is 3.82. The van der Waals surface area contributed by atoms with Crippen molar-refractivity contribution in [2.24, 2.45) is 0 Å². The van der Waals surface area contributed by atoms with E-state index in [9.17, 15) is 14.9 Å². The van der Waals surface area contributed by atoms with E-state index in [-0.39, 0.29) is 22.1 Å². The number of nitro groups is 1. The molecule has 6 heteroatoms.